The Morgan fingerprint density at radius 1 is 1.42 bits per heavy atom. The van der Waals surface area contributed by atoms with Gasteiger partial charge < -0.3 is 10.7 Å². The van der Waals surface area contributed by atoms with Crippen molar-refractivity contribution in [3.63, 3.8) is 0 Å². The van der Waals surface area contributed by atoms with Gasteiger partial charge in [0.05, 0.1) is 4.92 Å². The monoisotopic (exact) mass is 294 g/mol. The van der Waals surface area contributed by atoms with Gasteiger partial charge in [-0.2, -0.15) is 0 Å². The largest absolute Gasteiger partial charge is 0.369 e. The summed E-state index contributed by atoms with van der Waals surface area (Å²) in [6.45, 7) is 0. The molecule has 0 fully saturated rings. The second-order valence-corrected chi connectivity index (χ2v) is 5.01. The van der Waals surface area contributed by atoms with Crippen LogP contribution < -0.4 is 5.73 Å². The lowest BCUT2D eigenvalue weighted by molar-refractivity contribution is -0.389. The van der Waals surface area contributed by atoms with E-state index in [4.69, 9.17) is 18.0 Å². The van der Waals surface area contributed by atoms with E-state index in [9.17, 15) is 10.1 Å². The van der Waals surface area contributed by atoms with Crippen LogP contribution in [0, 0.1) is 14.8 Å². The minimum absolute atomic E-state index is 0.00642. The van der Waals surface area contributed by atoms with E-state index < -0.39 is 4.92 Å². The summed E-state index contributed by atoms with van der Waals surface area (Å²) in [5.41, 5.74) is 6.37. The van der Waals surface area contributed by atoms with Crippen molar-refractivity contribution in [2.24, 2.45) is 0 Å². The molecule has 0 bridgehead atoms. The number of anilines is 1. The smallest absolute Gasteiger partial charge is 0.335 e. The van der Waals surface area contributed by atoms with Crippen molar-refractivity contribution in [1.29, 1.82) is 0 Å². The lowest BCUT2D eigenvalue weighted by Crippen LogP contribution is -2.02. The number of aromatic amines is 1. The summed E-state index contributed by atoms with van der Waals surface area (Å²) in [7, 11) is 0. The Bertz CT molecular complexity index is 657. The highest BCUT2D eigenvalue weighted by Crippen LogP contribution is 2.30. The van der Waals surface area contributed by atoms with Gasteiger partial charge in [0.2, 0.25) is 0 Å². The molecule has 0 amide bonds. The number of aromatic nitrogens is 2. The van der Waals surface area contributed by atoms with Crippen LogP contribution in [-0.2, 0) is 5.75 Å². The van der Waals surface area contributed by atoms with Crippen LogP contribution in [0.4, 0.5) is 11.6 Å². The highest BCUT2D eigenvalue weighted by atomic mass is 32.2. The Morgan fingerprint density at radius 3 is 2.74 bits per heavy atom. The maximum Gasteiger partial charge on any atom is 0.335 e. The molecule has 0 radical (unpaired) electrons. The first-order valence-electron chi connectivity index (χ1n) is 5.29. The maximum atomic E-state index is 11.0. The predicted octanol–water partition coefficient (Wildman–Crippen LogP) is 2.92. The number of nitrogens with one attached hydrogen (secondary N) is 1. The van der Waals surface area contributed by atoms with Crippen LogP contribution in [0.3, 0.4) is 0 Å². The zero-order valence-corrected chi connectivity index (χ0v) is 11.3. The summed E-state index contributed by atoms with van der Waals surface area (Å²) < 4.78 is -0.00642. The Kier molecular flexibility index (Phi) is 4.13. The molecule has 2 rings (SSSR count). The van der Waals surface area contributed by atoms with E-state index in [1.54, 1.807) is 0 Å². The van der Waals surface area contributed by atoms with Gasteiger partial charge in [-0.15, -0.1) is 0 Å². The van der Waals surface area contributed by atoms with E-state index in [-0.39, 0.29) is 21.3 Å². The van der Waals surface area contributed by atoms with Crippen LogP contribution in [0.15, 0.2) is 35.4 Å². The molecule has 2 aromatic rings. The van der Waals surface area contributed by atoms with Crippen LogP contribution in [0.5, 0.6) is 0 Å². The zero-order chi connectivity index (χ0) is 13.8. The summed E-state index contributed by atoms with van der Waals surface area (Å²) in [6, 6.07) is 9.59. The quantitative estimate of drug-likeness (QED) is 0.296. The van der Waals surface area contributed by atoms with Gasteiger partial charge in [0, 0.05) is 5.75 Å². The SMILES string of the molecule is Nc1nc(SCc2ccccc2)c([N+](=O)[O-])c(=S)[nH]1. The second-order valence-electron chi connectivity index (χ2n) is 3.64. The molecule has 98 valence electrons. The third-order valence-corrected chi connectivity index (χ3v) is 3.61. The fraction of sp³-hybridized carbons (Fsp3) is 0.0909. The number of benzene rings is 1. The Labute approximate surface area is 118 Å². The fourth-order valence-corrected chi connectivity index (χ4v) is 2.76. The van der Waals surface area contributed by atoms with Crippen LogP contribution in [0.2, 0.25) is 0 Å². The summed E-state index contributed by atoms with van der Waals surface area (Å²) in [6.07, 6.45) is 0. The Hall–Kier alpha value is -1.93. The molecule has 1 aromatic carbocycles. The minimum Gasteiger partial charge on any atom is -0.369 e. The molecular weight excluding hydrogens is 284 g/mol. The van der Waals surface area contributed by atoms with Gasteiger partial charge in [0.25, 0.3) is 0 Å². The van der Waals surface area contributed by atoms with E-state index in [0.717, 1.165) is 5.56 Å². The molecule has 0 saturated carbocycles. The number of nitrogens with zero attached hydrogens (tertiary/aromatic N) is 2. The average Bonchev–Trinajstić information content (AvgIpc) is 2.36. The molecule has 0 saturated heterocycles. The van der Waals surface area contributed by atoms with Crippen molar-refractivity contribution in [3.8, 4) is 0 Å². The van der Waals surface area contributed by atoms with Crippen molar-refractivity contribution >= 4 is 35.6 Å². The molecule has 8 heteroatoms. The van der Waals surface area contributed by atoms with Gasteiger partial charge in [-0.1, -0.05) is 54.3 Å². The van der Waals surface area contributed by atoms with Gasteiger partial charge in [-0.05, 0) is 5.56 Å². The van der Waals surface area contributed by atoms with Crippen molar-refractivity contribution in [2.45, 2.75) is 10.8 Å². The number of nitrogen functional groups attached to an aromatic ring is 1. The van der Waals surface area contributed by atoms with Crippen LogP contribution in [-0.4, -0.2) is 14.9 Å². The van der Waals surface area contributed by atoms with Gasteiger partial charge >= 0.3 is 5.69 Å². The Balaban J connectivity index is 2.29. The van der Waals surface area contributed by atoms with E-state index in [1.807, 2.05) is 30.3 Å². The molecule has 19 heavy (non-hydrogen) atoms. The molecule has 0 aliphatic heterocycles. The molecule has 0 aliphatic carbocycles. The van der Waals surface area contributed by atoms with E-state index in [1.165, 1.54) is 11.8 Å². The highest BCUT2D eigenvalue weighted by molar-refractivity contribution is 7.98. The molecule has 0 aliphatic rings. The zero-order valence-electron chi connectivity index (χ0n) is 9.70. The van der Waals surface area contributed by atoms with Crippen molar-refractivity contribution < 1.29 is 4.92 Å². The average molecular weight is 294 g/mol. The van der Waals surface area contributed by atoms with Gasteiger partial charge in [-0.3, -0.25) is 10.1 Å². The number of hydrogen-bond acceptors (Lipinski definition) is 6. The Morgan fingerprint density at radius 2 is 2.11 bits per heavy atom. The molecule has 1 aromatic heterocycles. The second kappa shape index (κ2) is 5.81. The van der Waals surface area contributed by atoms with Crippen LogP contribution in [0.25, 0.3) is 0 Å². The van der Waals surface area contributed by atoms with Gasteiger partial charge in [0.15, 0.2) is 15.6 Å². The highest BCUT2D eigenvalue weighted by Gasteiger charge is 2.19. The molecule has 1 heterocycles. The third kappa shape index (κ3) is 3.30. The lowest BCUT2D eigenvalue weighted by Gasteiger charge is -2.03. The van der Waals surface area contributed by atoms with E-state index in [2.05, 4.69) is 9.97 Å². The molecule has 0 unspecified atom stereocenters. The molecule has 0 spiro atoms. The minimum atomic E-state index is -0.543. The lowest BCUT2D eigenvalue weighted by atomic mass is 10.2. The fourth-order valence-electron chi connectivity index (χ4n) is 1.45. The summed E-state index contributed by atoms with van der Waals surface area (Å²) in [5, 5.41) is 11.2. The first kappa shape index (κ1) is 13.5. The standard InChI is InChI=1S/C11H10N4O2S2/c12-11-13-9(18)8(15(16)17)10(14-11)19-6-7-4-2-1-3-5-7/h1-5H,6H2,(H3,12,13,14,18). The number of rotatable bonds is 4. The number of thioether (sulfide) groups is 1. The maximum absolute atomic E-state index is 11.0. The predicted molar refractivity (Wildman–Crippen MR) is 76.5 cm³/mol. The third-order valence-electron chi connectivity index (χ3n) is 2.28. The first-order chi connectivity index (χ1) is 9.08. The molecule has 3 N–H and O–H groups in total. The summed E-state index contributed by atoms with van der Waals surface area (Å²) in [5.74, 6) is 0.638. The first-order valence-corrected chi connectivity index (χ1v) is 6.68. The number of nitro groups is 1. The van der Waals surface area contributed by atoms with Crippen molar-refractivity contribution in [2.75, 3.05) is 5.73 Å². The van der Waals surface area contributed by atoms with Gasteiger partial charge in [0.1, 0.15) is 0 Å². The van der Waals surface area contributed by atoms with Crippen molar-refractivity contribution in [3.05, 3.63) is 50.7 Å². The van der Waals surface area contributed by atoms with Crippen LogP contribution >= 0.6 is 24.0 Å². The number of H-pyrrole nitrogens is 1. The molecule has 6 nitrogen and oxygen atoms in total. The molecule has 0 atom stereocenters. The number of hydrogen-bond donors (Lipinski definition) is 2. The van der Waals surface area contributed by atoms with Crippen LogP contribution in [0.1, 0.15) is 5.56 Å². The number of nitrogens with two attached hydrogens (primary N) is 1. The van der Waals surface area contributed by atoms with E-state index in [0.29, 0.717) is 5.75 Å². The van der Waals surface area contributed by atoms with Crippen molar-refractivity contribution in [1.82, 2.24) is 9.97 Å². The molecular formula is C11H10N4O2S2. The normalized spacial score (nSPS) is 10.3. The summed E-state index contributed by atoms with van der Waals surface area (Å²) >= 11 is 6.14. The van der Waals surface area contributed by atoms with E-state index >= 15 is 0 Å². The topological polar surface area (TPSA) is 97.8 Å². The van der Waals surface area contributed by atoms with Gasteiger partial charge in [-0.25, -0.2) is 4.98 Å². The summed E-state index contributed by atoms with van der Waals surface area (Å²) in [4.78, 5) is 16.9.